The van der Waals surface area contributed by atoms with E-state index in [-0.39, 0.29) is 24.2 Å². The first-order valence-corrected chi connectivity index (χ1v) is 7.77. The van der Waals surface area contributed by atoms with Crippen molar-refractivity contribution in [3.05, 3.63) is 54.4 Å². The van der Waals surface area contributed by atoms with E-state index >= 15 is 0 Å². The Kier molecular flexibility index (Phi) is 4.80. The molecule has 0 N–H and O–H groups in total. The van der Waals surface area contributed by atoms with Crippen LogP contribution in [0.4, 0.5) is 4.39 Å². The average Bonchev–Trinajstić information content (AvgIpc) is 3.21. The number of halogens is 1. The van der Waals surface area contributed by atoms with Crippen molar-refractivity contribution in [3.8, 4) is 0 Å². The van der Waals surface area contributed by atoms with Gasteiger partial charge in [0.2, 0.25) is 5.91 Å². The Hall–Kier alpha value is -2.50. The van der Waals surface area contributed by atoms with Crippen molar-refractivity contribution in [1.82, 2.24) is 19.7 Å². The molecule has 1 aromatic heterocycles. The molecule has 2 heterocycles. The van der Waals surface area contributed by atoms with E-state index in [1.165, 1.54) is 12.4 Å². The molecule has 6 heteroatoms. The molecule has 2 aromatic rings. The zero-order valence-corrected chi connectivity index (χ0v) is 12.8. The number of rotatable bonds is 5. The lowest BCUT2D eigenvalue weighted by molar-refractivity contribution is -0.131. The molecular weight excluding hydrogens is 295 g/mol. The van der Waals surface area contributed by atoms with Crippen molar-refractivity contribution in [2.75, 3.05) is 6.54 Å². The van der Waals surface area contributed by atoms with Gasteiger partial charge in [0.05, 0.1) is 12.6 Å². The predicted molar refractivity (Wildman–Crippen MR) is 84.8 cm³/mol. The van der Waals surface area contributed by atoms with Crippen molar-refractivity contribution >= 4 is 12.0 Å². The van der Waals surface area contributed by atoms with Gasteiger partial charge in [0.25, 0.3) is 0 Å². The molecule has 1 atom stereocenters. The summed E-state index contributed by atoms with van der Waals surface area (Å²) in [6.45, 7) is 1.44. The van der Waals surface area contributed by atoms with Crippen LogP contribution in [0, 0.1) is 5.82 Å². The molecule has 23 heavy (non-hydrogen) atoms. The molecule has 0 radical (unpaired) electrons. The van der Waals surface area contributed by atoms with Crippen LogP contribution in [-0.2, 0) is 11.3 Å². The van der Waals surface area contributed by atoms with Gasteiger partial charge in [-0.05, 0) is 18.9 Å². The second-order valence-electron chi connectivity index (χ2n) is 5.63. The number of benzene rings is 1. The Morgan fingerprint density at radius 2 is 2.26 bits per heavy atom. The van der Waals surface area contributed by atoms with Crippen molar-refractivity contribution in [2.24, 2.45) is 0 Å². The largest absolute Gasteiger partial charge is 0.338 e. The van der Waals surface area contributed by atoms with Crippen LogP contribution in [0.25, 0.3) is 6.08 Å². The maximum atomic E-state index is 13.5. The van der Waals surface area contributed by atoms with Gasteiger partial charge in [-0.15, -0.1) is 0 Å². The lowest BCUT2D eigenvalue weighted by atomic mass is 10.1. The summed E-state index contributed by atoms with van der Waals surface area (Å²) in [6.07, 6.45) is 8.81. The minimum Gasteiger partial charge on any atom is -0.338 e. The van der Waals surface area contributed by atoms with Crippen molar-refractivity contribution in [1.29, 1.82) is 0 Å². The number of hydrogen-bond donors (Lipinski definition) is 0. The van der Waals surface area contributed by atoms with Crippen LogP contribution in [-0.4, -0.2) is 38.2 Å². The van der Waals surface area contributed by atoms with Crippen molar-refractivity contribution in [2.45, 2.75) is 31.8 Å². The zero-order valence-electron chi connectivity index (χ0n) is 12.8. The highest BCUT2D eigenvalue weighted by molar-refractivity contribution is 5.79. The number of hydrogen-bond acceptors (Lipinski definition) is 3. The quantitative estimate of drug-likeness (QED) is 0.852. The third kappa shape index (κ3) is 3.83. The number of amides is 1. The highest BCUT2D eigenvalue weighted by atomic mass is 19.1. The first-order chi connectivity index (χ1) is 11.2. The maximum absolute atomic E-state index is 13.5. The van der Waals surface area contributed by atoms with E-state index in [1.54, 1.807) is 41.4 Å². The monoisotopic (exact) mass is 314 g/mol. The Morgan fingerprint density at radius 3 is 3.04 bits per heavy atom. The van der Waals surface area contributed by atoms with Crippen LogP contribution in [0.1, 0.15) is 24.8 Å². The topological polar surface area (TPSA) is 51.0 Å². The summed E-state index contributed by atoms with van der Waals surface area (Å²) >= 11 is 0. The fraction of sp³-hybridized carbons (Fsp3) is 0.353. The Labute approximate surface area is 134 Å². The third-order valence-electron chi connectivity index (χ3n) is 4.06. The summed E-state index contributed by atoms with van der Waals surface area (Å²) in [5.74, 6) is -0.207. The smallest absolute Gasteiger partial charge is 0.226 e. The minimum atomic E-state index is -0.276. The number of likely N-dealkylation sites (tertiary alicyclic amines) is 1. The van der Waals surface area contributed by atoms with Gasteiger partial charge in [-0.3, -0.25) is 9.48 Å². The summed E-state index contributed by atoms with van der Waals surface area (Å²) in [4.78, 5) is 18.2. The molecule has 1 aliphatic heterocycles. The fourth-order valence-corrected chi connectivity index (χ4v) is 2.91. The van der Waals surface area contributed by atoms with Crippen molar-refractivity contribution < 1.29 is 9.18 Å². The van der Waals surface area contributed by atoms with Gasteiger partial charge >= 0.3 is 0 Å². The summed E-state index contributed by atoms with van der Waals surface area (Å²) in [5.41, 5.74) is 0.501. The summed E-state index contributed by atoms with van der Waals surface area (Å²) in [7, 11) is 0. The van der Waals surface area contributed by atoms with E-state index in [9.17, 15) is 9.18 Å². The fourth-order valence-electron chi connectivity index (χ4n) is 2.91. The molecule has 3 rings (SSSR count). The van der Waals surface area contributed by atoms with Gasteiger partial charge in [-0.2, -0.15) is 5.10 Å². The molecule has 1 aromatic carbocycles. The van der Waals surface area contributed by atoms with Gasteiger partial charge in [0, 0.05) is 18.5 Å². The van der Waals surface area contributed by atoms with Crippen LogP contribution >= 0.6 is 0 Å². The highest BCUT2D eigenvalue weighted by Crippen LogP contribution is 2.20. The van der Waals surface area contributed by atoms with Gasteiger partial charge < -0.3 is 4.90 Å². The van der Waals surface area contributed by atoms with E-state index in [4.69, 9.17) is 0 Å². The van der Waals surface area contributed by atoms with Crippen LogP contribution in [0.15, 0.2) is 43.0 Å². The lowest BCUT2D eigenvalue weighted by Crippen LogP contribution is -2.37. The van der Waals surface area contributed by atoms with E-state index in [1.807, 2.05) is 4.90 Å². The molecule has 1 amide bonds. The normalized spacial score (nSPS) is 18.0. The number of nitrogens with zero attached hydrogens (tertiary/aromatic N) is 4. The van der Waals surface area contributed by atoms with E-state index < -0.39 is 0 Å². The Balaban J connectivity index is 1.58. The lowest BCUT2D eigenvalue weighted by Gasteiger charge is -2.24. The zero-order chi connectivity index (χ0) is 16.1. The molecule has 0 saturated carbocycles. The van der Waals surface area contributed by atoms with Gasteiger partial charge in [-0.1, -0.05) is 30.4 Å². The van der Waals surface area contributed by atoms with Crippen LogP contribution < -0.4 is 0 Å². The first kappa shape index (κ1) is 15.4. The molecule has 0 spiro atoms. The second kappa shape index (κ2) is 7.17. The van der Waals surface area contributed by atoms with E-state index in [2.05, 4.69) is 10.1 Å². The Bertz CT molecular complexity index is 684. The second-order valence-corrected chi connectivity index (χ2v) is 5.63. The SMILES string of the molecule is O=C(C/C=C/c1ccccc1F)N1CCCC1Cn1cncn1. The molecule has 1 saturated heterocycles. The molecule has 1 aliphatic rings. The maximum Gasteiger partial charge on any atom is 0.226 e. The molecule has 0 aliphatic carbocycles. The van der Waals surface area contributed by atoms with Gasteiger partial charge in [0.15, 0.2) is 0 Å². The van der Waals surface area contributed by atoms with Crippen LogP contribution in [0.3, 0.4) is 0 Å². The molecule has 5 nitrogen and oxygen atoms in total. The Morgan fingerprint density at radius 1 is 1.39 bits per heavy atom. The molecular formula is C17H19FN4O. The average molecular weight is 314 g/mol. The van der Waals surface area contributed by atoms with Crippen LogP contribution in [0.2, 0.25) is 0 Å². The molecule has 120 valence electrons. The van der Waals surface area contributed by atoms with E-state index in [0.717, 1.165) is 19.4 Å². The van der Waals surface area contributed by atoms with Gasteiger partial charge in [-0.25, -0.2) is 9.37 Å². The highest BCUT2D eigenvalue weighted by Gasteiger charge is 2.28. The number of carbonyl (C=O) groups is 1. The molecule has 1 fully saturated rings. The molecule has 0 bridgehead atoms. The number of carbonyl (C=O) groups excluding carboxylic acids is 1. The minimum absolute atomic E-state index is 0.0696. The first-order valence-electron chi connectivity index (χ1n) is 7.77. The summed E-state index contributed by atoms with van der Waals surface area (Å²) in [5, 5.41) is 4.10. The third-order valence-corrected chi connectivity index (χ3v) is 4.06. The van der Waals surface area contributed by atoms with Gasteiger partial charge in [0.1, 0.15) is 18.5 Å². The summed E-state index contributed by atoms with van der Waals surface area (Å²) < 4.78 is 15.3. The standard InChI is InChI=1S/C17H19FN4O/c18-16-8-2-1-5-14(16)6-3-9-17(23)22-10-4-7-15(22)11-21-13-19-12-20-21/h1-3,5-6,8,12-13,15H,4,7,9-11H2/b6-3+. The number of aromatic nitrogens is 3. The predicted octanol–water partition coefficient (Wildman–Crippen LogP) is 2.51. The van der Waals surface area contributed by atoms with E-state index in [0.29, 0.717) is 12.1 Å². The van der Waals surface area contributed by atoms with Crippen molar-refractivity contribution in [3.63, 3.8) is 0 Å². The van der Waals surface area contributed by atoms with Crippen LogP contribution in [0.5, 0.6) is 0 Å². The summed E-state index contributed by atoms with van der Waals surface area (Å²) in [6, 6.07) is 6.69. The molecule has 1 unspecified atom stereocenters.